The molecule has 1 aliphatic carbocycles. The summed E-state index contributed by atoms with van der Waals surface area (Å²) in [5.74, 6) is -3.70. The SMILES string of the molecule is O=C(O)/C=C/C(=O)O.O=C1OC(=O)C2CCC=CC12. The van der Waals surface area contributed by atoms with Crippen molar-refractivity contribution in [2.24, 2.45) is 11.8 Å². The Hall–Kier alpha value is -2.44. The topological polar surface area (TPSA) is 118 Å². The van der Waals surface area contributed by atoms with Crippen molar-refractivity contribution in [3.05, 3.63) is 24.3 Å². The van der Waals surface area contributed by atoms with Crippen LogP contribution in [0, 0.1) is 11.8 Å². The van der Waals surface area contributed by atoms with Crippen molar-refractivity contribution in [1.29, 1.82) is 0 Å². The molecule has 2 aliphatic rings. The minimum Gasteiger partial charge on any atom is -0.478 e. The molecule has 0 aromatic carbocycles. The Labute approximate surface area is 108 Å². The summed E-state index contributed by atoms with van der Waals surface area (Å²) < 4.78 is 4.48. The molecule has 1 saturated heterocycles. The van der Waals surface area contributed by atoms with Gasteiger partial charge in [-0.2, -0.15) is 0 Å². The predicted octanol–water partition coefficient (Wildman–Crippen LogP) is 0.364. The fourth-order valence-electron chi connectivity index (χ4n) is 1.73. The van der Waals surface area contributed by atoms with Crippen LogP contribution in [0.1, 0.15) is 12.8 Å². The minimum absolute atomic E-state index is 0.188. The molecule has 2 atom stereocenters. The molecular formula is C12H12O7. The molecule has 2 rings (SSSR count). The van der Waals surface area contributed by atoms with Gasteiger partial charge in [0.15, 0.2) is 0 Å². The molecule has 1 fully saturated rings. The second kappa shape index (κ2) is 6.48. The zero-order valence-electron chi connectivity index (χ0n) is 9.81. The molecule has 0 aromatic heterocycles. The Morgan fingerprint density at radius 3 is 2.21 bits per heavy atom. The molecule has 7 nitrogen and oxygen atoms in total. The van der Waals surface area contributed by atoms with Crippen molar-refractivity contribution >= 4 is 23.9 Å². The van der Waals surface area contributed by atoms with E-state index in [4.69, 9.17) is 10.2 Å². The van der Waals surface area contributed by atoms with E-state index in [1.54, 1.807) is 6.08 Å². The van der Waals surface area contributed by atoms with E-state index < -0.39 is 11.9 Å². The molecular weight excluding hydrogens is 256 g/mol. The highest BCUT2D eigenvalue weighted by Crippen LogP contribution is 2.32. The van der Waals surface area contributed by atoms with Gasteiger partial charge in [0.1, 0.15) is 0 Å². The monoisotopic (exact) mass is 268 g/mol. The summed E-state index contributed by atoms with van der Waals surface area (Å²) >= 11 is 0. The van der Waals surface area contributed by atoms with Gasteiger partial charge in [0, 0.05) is 12.2 Å². The van der Waals surface area contributed by atoms with E-state index in [9.17, 15) is 19.2 Å². The van der Waals surface area contributed by atoms with Crippen molar-refractivity contribution in [3.63, 3.8) is 0 Å². The van der Waals surface area contributed by atoms with E-state index in [-0.39, 0.29) is 23.8 Å². The number of carboxylic acid groups (broad SMARTS) is 2. The van der Waals surface area contributed by atoms with E-state index in [1.165, 1.54) is 0 Å². The highest BCUT2D eigenvalue weighted by atomic mass is 16.6. The van der Waals surface area contributed by atoms with Gasteiger partial charge in [-0.3, -0.25) is 9.59 Å². The Morgan fingerprint density at radius 1 is 1.16 bits per heavy atom. The largest absolute Gasteiger partial charge is 0.478 e. The van der Waals surface area contributed by atoms with Crippen LogP contribution in [0.3, 0.4) is 0 Å². The standard InChI is InChI=1S/C8H8O3.C4H4O4/c9-7-5-3-1-2-4-6(5)8(10)11-7;5-3(6)1-2-4(7)8/h1,3,5-6H,2,4H2;1-2H,(H,5,6)(H,7,8)/b;2-1+. The summed E-state index contributed by atoms with van der Waals surface area (Å²) in [7, 11) is 0. The highest BCUT2D eigenvalue weighted by Gasteiger charge is 2.43. The maximum Gasteiger partial charge on any atom is 0.328 e. The highest BCUT2D eigenvalue weighted by molar-refractivity contribution is 5.97. The fourth-order valence-corrected chi connectivity index (χ4v) is 1.73. The van der Waals surface area contributed by atoms with Crippen molar-refractivity contribution in [1.82, 2.24) is 0 Å². The Balaban J connectivity index is 0.000000203. The maximum atomic E-state index is 10.9. The number of aliphatic carboxylic acids is 2. The number of fused-ring (bicyclic) bond motifs is 1. The summed E-state index contributed by atoms with van der Waals surface area (Å²) in [6.07, 6.45) is 6.46. The lowest BCUT2D eigenvalue weighted by Crippen LogP contribution is -2.17. The summed E-state index contributed by atoms with van der Waals surface area (Å²) in [5, 5.41) is 15.6. The number of esters is 2. The van der Waals surface area contributed by atoms with Crippen molar-refractivity contribution in [2.45, 2.75) is 12.8 Å². The van der Waals surface area contributed by atoms with Crippen LogP contribution in [0.5, 0.6) is 0 Å². The quantitative estimate of drug-likeness (QED) is 0.321. The van der Waals surface area contributed by atoms with E-state index in [0.717, 1.165) is 12.8 Å². The molecule has 1 heterocycles. The van der Waals surface area contributed by atoms with Crippen LogP contribution in [-0.2, 0) is 23.9 Å². The lowest BCUT2D eigenvalue weighted by Gasteiger charge is -2.12. The van der Waals surface area contributed by atoms with Gasteiger partial charge in [0.25, 0.3) is 0 Å². The molecule has 0 aromatic rings. The average Bonchev–Trinajstić information content (AvgIpc) is 2.64. The zero-order valence-corrected chi connectivity index (χ0v) is 9.81. The molecule has 19 heavy (non-hydrogen) atoms. The Kier molecular flexibility index (Phi) is 4.99. The predicted molar refractivity (Wildman–Crippen MR) is 60.9 cm³/mol. The van der Waals surface area contributed by atoms with Crippen molar-refractivity contribution in [3.8, 4) is 0 Å². The third-order valence-electron chi connectivity index (χ3n) is 2.57. The first-order valence-corrected chi connectivity index (χ1v) is 5.48. The number of carbonyl (C=O) groups is 4. The minimum atomic E-state index is -1.26. The molecule has 2 unspecified atom stereocenters. The summed E-state index contributed by atoms with van der Waals surface area (Å²) in [5.41, 5.74) is 0. The summed E-state index contributed by atoms with van der Waals surface area (Å²) in [6.45, 7) is 0. The number of ether oxygens (including phenoxy) is 1. The van der Waals surface area contributed by atoms with Gasteiger partial charge in [-0.1, -0.05) is 12.2 Å². The van der Waals surface area contributed by atoms with Gasteiger partial charge in [-0.15, -0.1) is 0 Å². The van der Waals surface area contributed by atoms with E-state index in [0.29, 0.717) is 12.2 Å². The number of carbonyl (C=O) groups excluding carboxylic acids is 2. The van der Waals surface area contributed by atoms with Crippen LogP contribution in [0.15, 0.2) is 24.3 Å². The van der Waals surface area contributed by atoms with Gasteiger partial charge < -0.3 is 14.9 Å². The van der Waals surface area contributed by atoms with E-state index in [2.05, 4.69) is 4.74 Å². The molecule has 0 amide bonds. The van der Waals surface area contributed by atoms with Crippen LogP contribution >= 0.6 is 0 Å². The second-order valence-corrected chi connectivity index (χ2v) is 3.89. The number of carboxylic acids is 2. The van der Waals surface area contributed by atoms with E-state index in [1.807, 2.05) is 6.08 Å². The van der Waals surface area contributed by atoms with Crippen molar-refractivity contribution in [2.75, 3.05) is 0 Å². The third kappa shape index (κ3) is 4.38. The number of rotatable bonds is 2. The normalized spacial score (nSPS) is 24.4. The number of hydrogen-bond donors (Lipinski definition) is 2. The number of cyclic esters (lactones) is 2. The Morgan fingerprint density at radius 2 is 1.74 bits per heavy atom. The zero-order chi connectivity index (χ0) is 14.4. The number of allylic oxidation sites excluding steroid dienone is 1. The van der Waals surface area contributed by atoms with Crippen LogP contribution in [0.4, 0.5) is 0 Å². The van der Waals surface area contributed by atoms with Crippen LogP contribution < -0.4 is 0 Å². The first-order valence-electron chi connectivity index (χ1n) is 5.48. The Bertz CT molecular complexity index is 445. The molecule has 102 valence electrons. The second-order valence-electron chi connectivity index (χ2n) is 3.89. The van der Waals surface area contributed by atoms with Gasteiger partial charge in [-0.05, 0) is 12.8 Å². The lowest BCUT2D eigenvalue weighted by molar-refractivity contribution is -0.153. The van der Waals surface area contributed by atoms with Crippen LogP contribution in [0.25, 0.3) is 0 Å². The van der Waals surface area contributed by atoms with Crippen molar-refractivity contribution < 1.29 is 34.1 Å². The van der Waals surface area contributed by atoms with Gasteiger partial charge in [0.05, 0.1) is 11.8 Å². The van der Waals surface area contributed by atoms with Gasteiger partial charge in [-0.25, -0.2) is 9.59 Å². The molecule has 1 aliphatic heterocycles. The first kappa shape index (κ1) is 14.6. The average molecular weight is 268 g/mol. The molecule has 2 N–H and O–H groups in total. The van der Waals surface area contributed by atoms with E-state index >= 15 is 0 Å². The molecule has 7 heteroatoms. The molecule has 0 spiro atoms. The summed E-state index contributed by atoms with van der Waals surface area (Å²) in [6, 6.07) is 0. The van der Waals surface area contributed by atoms with Gasteiger partial charge in [0.2, 0.25) is 0 Å². The maximum absolute atomic E-state index is 10.9. The molecule has 0 bridgehead atoms. The van der Waals surface area contributed by atoms with Gasteiger partial charge >= 0.3 is 23.9 Å². The lowest BCUT2D eigenvalue weighted by atomic mass is 9.86. The third-order valence-corrected chi connectivity index (χ3v) is 2.57. The fraction of sp³-hybridized carbons (Fsp3) is 0.333. The summed E-state index contributed by atoms with van der Waals surface area (Å²) in [4.78, 5) is 41.0. The molecule has 0 radical (unpaired) electrons. The van der Waals surface area contributed by atoms with Crippen LogP contribution in [-0.4, -0.2) is 34.1 Å². The smallest absolute Gasteiger partial charge is 0.328 e. The van der Waals surface area contributed by atoms with Crippen LogP contribution in [0.2, 0.25) is 0 Å². The number of hydrogen-bond acceptors (Lipinski definition) is 5. The molecule has 0 saturated carbocycles. The first-order chi connectivity index (χ1) is 8.91.